The number of amidine groups is 1. The van der Waals surface area contributed by atoms with Gasteiger partial charge in [-0.15, -0.1) is 11.3 Å². The van der Waals surface area contributed by atoms with Crippen LogP contribution < -0.4 is 5.32 Å². The molecule has 0 amide bonds. The number of aromatic nitrogens is 1. The fourth-order valence-electron chi connectivity index (χ4n) is 7.46. The molecule has 1 N–H and O–H groups in total. The van der Waals surface area contributed by atoms with E-state index in [9.17, 15) is 0 Å². The van der Waals surface area contributed by atoms with Crippen LogP contribution in [0.15, 0.2) is 71.0 Å². The summed E-state index contributed by atoms with van der Waals surface area (Å²) in [7, 11) is 0. The number of hydrogen-bond donors (Lipinski definition) is 1. The second kappa shape index (κ2) is 13.4. The van der Waals surface area contributed by atoms with Crippen molar-refractivity contribution in [3.05, 3.63) is 77.2 Å². The minimum absolute atomic E-state index is 0.171. The zero-order chi connectivity index (χ0) is 30.8. The number of piperidine rings is 1. The molecule has 2 aromatic rings. The molecule has 5 nitrogen and oxygen atoms in total. The van der Waals surface area contributed by atoms with Crippen molar-refractivity contribution in [3.8, 4) is 10.4 Å². The van der Waals surface area contributed by atoms with Gasteiger partial charge in [-0.3, -0.25) is 4.99 Å². The smallest absolute Gasteiger partial charge is 0.123 e. The topological polar surface area (TPSA) is 43.8 Å². The number of aryl methyl sites for hydroxylation is 1. The number of hydrogen-bond acceptors (Lipinski definition) is 6. The monoisotopic (exact) mass is 599 g/mol. The molecule has 6 heteroatoms. The average Bonchev–Trinajstić information content (AvgIpc) is 3.73. The van der Waals surface area contributed by atoms with Crippen molar-refractivity contribution < 1.29 is 0 Å². The highest BCUT2D eigenvalue weighted by Gasteiger charge is 2.37. The van der Waals surface area contributed by atoms with E-state index in [0.29, 0.717) is 11.8 Å². The van der Waals surface area contributed by atoms with Gasteiger partial charge in [0.2, 0.25) is 0 Å². The molecule has 4 heterocycles. The number of rotatable bonds is 10. The van der Waals surface area contributed by atoms with Gasteiger partial charge in [0.05, 0.1) is 28.7 Å². The standard InChI is InChI=1S/C37H53N5S/c1-23(2)30-14-16-41(17-15-30)35-19-33(20-38-35)36(24(3)4)29(9)42-21-25(5)18-34(42)27(7)40-26(6)31-10-12-32(13-11-31)37-28(8)39-22-43-37/h10-13,19,22-26,30,34,36,40H,7,9,14-18,20-21H2,1-6,8H3. The first-order valence-electron chi connectivity index (χ1n) is 16.4. The van der Waals surface area contributed by atoms with E-state index < -0.39 is 0 Å². The number of benzene rings is 1. The van der Waals surface area contributed by atoms with Crippen molar-refractivity contribution in [1.29, 1.82) is 0 Å². The molecule has 232 valence electrons. The largest absolute Gasteiger partial charge is 0.381 e. The highest BCUT2D eigenvalue weighted by atomic mass is 32.1. The molecule has 0 saturated carbocycles. The summed E-state index contributed by atoms with van der Waals surface area (Å²) < 4.78 is 0. The summed E-state index contributed by atoms with van der Waals surface area (Å²) in [6.45, 7) is 29.5. The first-order valence-corrected chi connectivity index (χ1v) is 17.3. The number of aliphatic imine (C=N–C) groups is 1. The quantitative estimate of drug-likeness (QED) is 0.297. The lowest BCUT2D eigenvalue weighted by Crippen LogP contribution is -2.39. The molecule has 4 unspecified atom stereocenters. The lowest BCUT2D eigenvalue weighted by molar-refractivity contribution is 0.220. The predicted molar refractivity (Wildman–Crippen MR) is 184 cm³/mol. The van der Waals surface area contributed by atoms with Crippen LogP contribution in [0.2, 0.25) is 0 Å². The number of allylic oxidation sites excluding steroid dienone is 1. The molecule has 2 saturated heterocycles. The maximum Gasteiger partial charge on any atom is 0.123 e. The summed E-state index contributed by atoms with van der Waals surface area (Å²) in [5, 5.41) is 3.78. The second-order valence-electron chi connectivity index (χ2n) is 14.0. The summed E-state index contributed by atoms with van der Waals surface area (Å²) >= 11 is 1.70. The Morgan fingerprint density at radius 3 is 2.35 bits per heavy atom. The van der Waals surface area contributed by atoms with Crippen molar-refractivity contribution in [2.24, 2.45) is 34.6 Å². The summed E-state index contributed by atoms with van der Waals surface area (Å²) in [5.41, 5.74) is 9.25. The van der Waals surface area contributed by atoms with Crippen LogP contribution in [0.3, 0.4) is 0 Å². The first-order chi connectivity index (χ1) is 20.5. The molecule has 0 aliphatic carbocycles. The van der Waals surface area contributed by atoms with Gasteiger partial charge in [0, 0.05) is 43.0 Å². The fourth-order valence-corrected chi connectivity index (χ4v) is 8.27. The van der Waals surface area contributed by atoms with Crippen LogP contribution in [0.1, 0.15) is 78.1 Å². The van der Waals surface area contributed by atoms with Crippen LogP contribution in [-0.2, 0) is 0 Å². The Morgan fingerprint density at radius 2 is 1.74 bits per heavy atom. The molecular formula is C37H53N5S. The van der Waals surface area contributed by atoms with E-state index in [2.05, 4.69) is 105 Å². The lowest BCUT2D eigenvalue weighted by atomic mass is 9.84. The fraction of sp³-hybridized carbons (Fsp3) is 0.568. The van der Waals surface area contributed by atoms with Crippen LogP contribution in [0.5, 0.6) is 0 Å². The third-order valence-electron chi connectivity index (χ3n) is 10.1. The lowest BCUT2D eigenvalue weighted by Gasteiger charge is -2.37. The number of nitrogens with one attached hydrogen (secondary N) is 1. The van der Waals surface area contributed by atoms with Gasteiger partial charge in [-0.05, 0) is 79.6 Å². The van der Waals surface area contributed by atoms with Crippen LogP contribution in [-0.4, -0.2) is 52.8 Å². The van der Waals surface area contributed by atoms with Crippen LogP contribution in [0.4, 0.5) is 0 Å². The Kier molecular flexibility index (Phi) is 9.85. The Hall–Kier alpha value is -2.86. The van der Waals surface area contributed by atoms with Gasteiger partial charge in [-0.25, -0.2) is 4.98 Å². The van der Waals surface area contributed by atoms with Crippen molar-refractivity contribution in [2.45, 2.75) is 79.8 Å². The minimum Gasteiger partial charge on any atom is -0.381 e. The summed E-state index contributed by atoms with van der Waals surface area (Å²) in [5.74, 6) is 4.15. The van der Waals surface area contributed by atoms with Crippen LogP contribution >= 0.6 is 11.3 Å². The van der Waals surface area contributed by atoms with Crippen molar-refractivity contribution in [3.63, 3.8) is 0 Å². The van der Waals surface area contributed by atoms with Crippen LogP contribution in [0.25, 0.3) is 10.4 Å². The molecule has 5 rings (SSSR count). The third-order valence-corrected chi connectivity index (χ3v) is 11.0. The maximum absolute atomic E-state index is 5.05. The van der Waals surface area contributed by atoms with E-state index in [1.165, 1.54) is 46.0 Å². The van der Waals surface area contributed by atoms with Gasteiger partial charge in [-0.2, -0.15) is 0 Å². The number of likely N-dealkylation sites (tertiary alicyclic amines) is 2. The molecule has 1 aromatic carbocycles. The Labute approximate surface area is 264 Å². The van der Waals surface area contributed by atoms with E-state index in [4.69, 9.17) is 11.6 Å². The summed E-state index contributed by atoms with van der Waals surface area (Å²) in [6, 6.07) is 9.31. The Morgan fingerprint density at radius 1 is 1.05 bits per heavy atom. The van der Waals surface area contributed by atoms with Gasteiger partial charge in [-0.1, -0.05) is 72.0 Å². The van der Waals surface area contributed by atoms with E-state index in [1.54, 1.807) is 11.3 Å². The Bertz CT molecular complexity index is 1340. The molecule has 4 atom stereocenters. The van der Waals surface area contributed by atoms with Crippen LogP contribution in [0, 0.1) is 36.5 Å². The highest BCUT2D eigenvalue weighted by Crippen LogP contribution is 2.39. The highest BCUT2D eigenvalue weighted by molar-refractivity contribution is 7.13. The molecule has 0 bridgehead atoms. The molecule has 0 radical (unpaired) electrons. The van der Waals surface area contributed by atoms with Gasteiger partial charge in [0.15, 0.2) is 0 Å². The second-order valence-corrected chi connectivity index (χ2v) is 14.8. The Balaban J connectivity index is 1.25. The first kappa shape index (κ1) is 31.6. The third kappa shape index (κ3) is 6.95. The molecule has 2 fully saturated rings. The molecule has 0 spiro atoms. The SMILES string of the molecule is C=C(NC(C)c1ccc(-c2scnc2C)cc1)C1CC(C)CN1C(=C)C(C1=CC(N2CCC(C(C)C)CC2)=NC1)C(C)C. The molecule has 3 aliphatic rings. The van der Waals surface area contributed by atoms with Gasteiger partial charge < -0.3 is 15.1 Å². The van der Waals surface area contributed by atoms with Gasteiger partial charge >= 0.3 is 0 Å². The summed E-state index contributed by atoms with van der Waals surface area (Å²) in [4.78, 5) is 15.8. The van der Waals surface area contributed by atoms with E-state index in [0.717, 1.165) is 55.8 Å². The van der Waals surface area contributed by atoms with Crippen molar-refractivity contribution in [1.82, 2.24) is 20.1 Å². The molecular weight excluding hydrogens is 547 g/mol. The van der Waals surface area contributed by atoms with E-state index in [1.807, 2.05) is 5.51 Å². The van der Waals surface area contributed by atoms with Gasteiger partial charge in [0.1, 0.15) is 5.84 Å². The summed E-state index contributed by atoms with van der Waals surface area (Å²) in [6.07, 6.45) is 6.04. The van der Waals surface area contributed by atoms with Crippen molar-refractivity contribution in [2.75, 3.05) is 26.2 Å². The molecule has 3 aliphatic heterocycles. The van der Waals surface area contributed by atoms with E-state index >= 15 is 0 Å². The zero-order valence-corrected chi connectivity index (χ0v) is 28.4. The number of nitrogens with zero attached hydrogens (tertiary/aromatic N) is 4. The van der Waals surface area contributed by atoms with E-state index in [-0.39, 0.29) is 18.0 Å². The normalized spacial score (nSPS) is 22.6. The number of thiazole rings is 1. The predicted octanol–water partition coefficient (Wildman–Crippen LogP) is 8.49. The molecule has 43 heavy (non-hydrogen) atoms. The minimum atomic E-state index is 0.171. The zero-order valence-electron chi connectivity index (χ0n) is 27.6. The average molecular weight is 600 g/mol. The van der Waals surface area contributed by atoms with Crippen molar-refractivity contribution >= 4 is 17.2 Å². The molecule has 1 aromatic heterocycles. The van der Waals surface area contributed by atoms with Gasteiger partial charge in [0.25, 0.3) is 0 Å². The maximum atomic E-state index is 5.05.